The number of fused-ring (bicyclic) bond motifs is 1. The topological polar surface area (TPSA) is 99.2 Å². The van der Waals surface area contributed by atoms with Crippen LogP contribution in [0.2, 0.25) is 0 Å². The Labute approximate surface area is 180 Å². The molecular weight excluding hydrogens is 398 g/mol. The van der Waals surface area contributed by atoms with Gasteiger partial charge in [0.2, 0.25) is 0 Å². The van der Waals surface area contributed by atoms with E-state index in [0.29, 0.717) is 38.1 Å². The number of piperidine rings is 1. The number of ether oxygens (including phenoxy) is 1. The summed E-state index contributed by atoms with van der Waals surface area (Å²) in [7, 11) is 0. The first-order valence-electron chi connectivity index (χ1n) is 10.4. The molecular formula is C23H25N3O5. The van der Waals surface area contributed by atoms with Gasteiger partial charge in [-0.2, -0.15) is 0 Å². The van der Waals surface area contributed by atoms with E-state index in [-0.39, 0.29) is 29.8 Å². The monoisotopic (exact) mass is 423 g/mol. The summed E-state index contributed by atoms with van der Waals surface area (Å²) in [5.41, 5.74) is 2.49. The summed E-state index contributed by atoms with van der Waals surface area (Å²) in [6.07, 6.45) is 0.646. The van der Waals surface area contributed by atoms with Crippen molar-refractivity contribution in [3.8, 4) is 0 Å². The van der Waals surface area contributed by atoms with Gasteiger partial charge in [0.25, 0.3) is 5.91 Å². The summed E-state index contributed by atoms with van der Waals surface area (Å²) in [6, 6.07) is 14.0. The van der Waals surface area contributed by atoms with E-state index in [1.165, 1.54) is 12.1 Å². The number of rotatable bonds is 5. The largest absolute Gasteiger partial charge is 0.478 e. The number of benzene rings is 2. The van der Waals surface area contributed by atoms with Gasteiger partial charge >= 0.3 is 12.1 Å². The summed E-state index contributed by atoms with van der Waals surface area (Å²) in [5.74, 6) is -1.02. The summed E-state index contributed by atoms with van der Waals surface area (Å²) in [5, 5.41) is 12.5. The molecule has 2 aliphatic rings. The van der Waals surface area contributed by atoms with Crippen molar-refractivity contribution < 1.29 is 24.2 Å². The molecule has 2 amide bonds. The van der Waals surface area contributed by atoms with Crippen LogP contribution in [0.15, 0.2) is 48.5 Å². The molecule has 1 unspecified atom stereocenters. The van der Waals surface area contributed by atoms with Gasteiger partial charge in [-0.3, -0.25) is 4.79 Å². The summed E-state index contributed by atoms with van der Waals surface area (Å²) in [6.45, 7) is 3.18. The number of hydrogen-bond donors (Lipinski definition) is 2. The summed E-state index contributed by atoms with van der Waals surface area (Å²) in [4.78, 5) is 39.9. The lowest BCUT2D eigenvalue weighted by Crippen LogP contribution is -2.49. The highest BCUT2D eigenvalue weighted by Gasteiger charge is 2.42. The van der Waals surface area contributed by atoms with E-state index in [9.17, 15) is 14.4 Å². The average molecular weight is 423 g/mol. The predicted molar refractivity (Wildman–Crippen MR) is 114 cm³/mol. The SMILES string of the molecule is CCOC(=O)N1CCC(N2C(=O)c3ccccc3C2Nc2ccc(C(=O)O)cc2)CC1. The van der Waals surface area contributed by atoms with Gasteiger partial charge in [-0.1, -0.05) is 18.2 Å². The van der Waals surface area contributed by atoms with Crippen LogP contribution >= 0.6 is 0 Å². The lowest BCUT2D eigenvalue weighted by molar-refractivity contribution is 0.0496. The van der Waals surface area contributed by atoms with Gasteiger partial charge in [-0.05, 0) is 50.1 Å². The van der Waals surface area contributed by atoms with Gasteiger partial charge in [-0.25, -0.2) is 9.59 Å². The molecule has 0 bridgehead atoms. The predicted octanol–water partition coefficient (Wildman–Crippen LogP) is 3.57. The average Bonchev–Trinajstić information content (AvgIpc) is 3.06. The van der Waals surface area contributed by atoms with Crippen LogP contribution in [0.4, 0.5) is 10.5 Å². The molecule has 0 radical (unpaired) electrons. The number of carbonyl (C=O) groups is 3. The smallest absolute Gasteiger partial charge is 0.409 e. The maximum Gasteiger partial charge on any atom is 0.409 e. The summed E-state index contributed by atoms with van der Waals surface area (Å²) >= 11 is 0. The van der Waals surface area contributed by atoms with Crippen LogP contribution in [0.1, 0.15) is 52.2 Å². The second-order valence-electron chi connectivity index (χ2n) is 7.65. The Morgan fingerprint density at radius 3 is 2.42 bits per heavy atom. The first-order chi connectivity index (χ1) is 15.0. The highest BCUT2D eigenvalue weighted by atomic mass is 16.6. The number of carboxylic acid groups (broad SMARTS) is 1. The molecule has 2 heterocycles. The van der Waals surface area contributed by atoms with Crippen LogP contribution in [0.3, 0.4) is 0 Å². The molecule has 2 aliphatic heterocycles. The standard InChI is InChI=1S/C23H25N3O5/c1-2-31-23(30)25-13-11-17(12-14-25)26-20(18-5-3-4-6-19(18)21(26)27)24-16-9-7-15(8-10-16)22(28)29/h3-10,17,20,24H,2,11-14H2,1H3,(H,28,29). The quantitative estimate of drug-likeness (QED) is 0.763. The van der Waals surface area contributed by atoms with Crippen LogP contribution in [-0.2, 0) is 4.74 Å². The maximum absolute atomic E-state index is 13.3. The molecule has 2 aromatic rings. The van der Waals surface area contributed by atoms with Gasteiger partial charge in [-0.15, -0.1) is 0 Å². The number of likely N-dealkylation sites (tertiary alicyclic amines) is 1. The molecule has 0 aliphatic carbocycles. The van der Waals surface area contributed by atoms with Crippen molar-refractivity contribution in [1.82, 2.24) is 9.80 Å². The third kappa shape index (κ3) is 4.05. The van der Waals surface area contributed by atoms with E-state index in [1.807, 2.05) is 29.2 Å². The zero-order valence-electron chi connectivity index (χ0n) is 17.3. The van der Waals surface area contributed by atoms with Crippen LogP contribution in [0.5, 0.6) is 0 Å². The second kappa shape index (κ2) is 8.67. The van der Waals surface area contributed by atoms with Crippen LogP contribution in [0, 0.1) is 0 Å². The molecule has 2 N–H and O–H groups in total. The second-order valence-corrected chi connectivity index (χ2v) is 7.65. The molecule has 0 saturated carbocycles. The third-order valence-corrected chi connectivity index (χ3v) is 5.82. The van der Waals surface area contributed by atoms with Crippen molar-refractivity contribution in [2.75, 3.05) is 25.0 Å². The van der Waals surface area contributed by atoms with Gasteiger partial charge in [0.05, 0.1) is 12.2 Å². The molecule has 8 nitrogen and oxygen atoms in total. The number of carbonyl (C=O) groups excluding carboxylic acids is 2. The zero-order valence-corrected chi connectivity index (χ0v) is 17.3. The number of anilines is 1. The van der Waals surface area contributed by atoms with E-state index < -0.39 is 5.97 Å². The van der Waals surface area contributed by atoms with Crippen molar-refractivity contribution in [2.24, 2.45) is 0 Å². The van der Waals surface area contributed by atoms with Crippen LogP contribution < -0.4 is 5.32 Å². The minimum absolute atomic E-state index is 0.0265. The van der Waals surface area contributed by atoms with Gasteiger partial charge in [0.15, 0.2) is 0 Å². The Balaban J connectivity index is 1.55. The van der Waals surface area contributed by atoms with Crippen molar-refractivity contribution >= 4 is 23.7 Å². The van der Waals surface area contributed by atoms with E-state index in [4.69, 9.17) is 9.84 Å². The fraction of sp³-hybridized carbons (Fsp3) is 0.348. The van der Waals surface area contributed by atoms with Crippen molar-refractivity contribution in [2.45, 2.75) is 32.0 Å². The number of hydrogen-bond acceptors (Lipinski definition) is 5. The Morgan fingerprint density at radius 2 is 1.77 bits per heavy atom. The molecule has 4 rings (SSSR count). The Morgan fingerprint density at radius 1 is 1.10 bits per heavy atom. The van der Waals surface area contributed by atoms with Crippen LogP contribution in [-0.4, -0.2) is 58.6 Å². The molecule has 1 atom stereocenters. The van der Waals surface area contributed by atoms with Crippen LogP contribution in [0.25, 0.3) is 0 Å². The van der Waals surface area contributed by atoms with Crippen molar-refractivity contribution in [3.05, 3.63) is 65.2 Å². The molecule has 0 aromatic heterocycles. The molecule has 0 spiro atoms. The Bertz CT molecular complexity index is 983. The molecule has 162 valence electrons. The molecule has 1 fully saturated rings. The number of nitrogens with zero attached hydrogens (tertiary/aromatic N) is 2. The highest BCUT2D eigenvalue weighted by molar-refractivity contribution is 5.99. The highest BCUT2D eigenvalue weighted by Crippen LogP contribution is 2.38. The van der Waals surface area contributed by atoms with Crippen molar-refractivity contribution in [1.29, 1.82) is 0 Å². The maximum atomic E-state index is 13.3. The van der Waals surface area contributed by atoms with E-state index >= 15 is 0 Å². The minimum atomic E-state index is -0.983. The Kier molecular flexibility index (Phi) is 5.79. The fourth-order valence-electron chi connectivity index (χ4n) is 4.27. The summed E-state index contributed by atoms with van der Waals surface area (Å²) < 4.78 is 5.09. The fourth-order valence-corrected chi connectivity index (χ4v) is 4.27. The molecule has 8 heteroatoms. The van der Waals surface area contributed by atoms with E-state index in [1.54, 1.807) is 24.0 Å². The zero-order chi connectivity index (χ0) is 22.0. The van der Waals surface area contributed by atoms with E-state index in [2.05, 4.69) is 5.32 Å². The first kappa shape index (κ1) is 20.7. The van der Waals surface area contributed by atoms with E-state index in [0.717, 1.165) is 11.3 Å². The van der Waals surface area contributed by atoms with Gasteiger partial charge in [0, 0.05) is 35.9 Å². The number of nitrogens with one attached hydrogen (secondary N) is 1. The molecule has 31 heavy (non-hydrogen) atoms. The van der Waals surface area contributed by atoms with Gasteiger partial charge < -0.3 is 25.0 Å². The normalized spacial score (nSPS) is 18.6. The first-order valence-corrected chi connectivity index (χ1v) is 10.4. The number of amides is 2. The Hall–Kier alpha value is -3.55. The lowest BCUT2D eigenvalue weighted by atomic mass is 10.0. The number of carboxylic acids is 1. The third-order valence-electron chi connectivity index (χ3n) is 5.82. The number of aromatic carboxylic acids is 1. The van der Waals surface area contributed by atoms with Crippen molar-refractivity contribution in [3.63, 3.8) is 0 Å². The van der Waals surface area contributed by atoms with Gasteiger partial charge in [0.1, 0.15) is 6.17 Å². The lowest BCUT2D eigenvalue weighted by Gasteiger charge is -2.39. The minimum Gasteiger partial charge on any atom is -0.478 e. The molecule has 2 aromatic carbocycles. The molecule has 1 saturated heterocycles.